The van der Waals surface area contributed by atoms with Crippen molar-refractivity contribution in [1.82, 2.24) is 5.32 Å². The maximum Gasteiger partial charge on any atom is 0.220 e. The summed E-state index contributed by atoms with van der Waals surface area (Å²) in [4.78, 5) is 12.2. The number of ether oxygens (including phenoxy) is 2. The molecule has 0 bridgehead atoms. The first-order valence-corrected chi connectivity index (χ1v) is 8.38. The lowest BCUT2D eigenvalue weighted by Crippen LogP contribution is -2.44. The zero-order chi connectivity index (χ0) is 16.7. The number of benzene rings is 1. The maximum atomic E-state index is 12.2. The minimum atomic E-state index is 0.102. The van der Waals surface area contributed by atoms with Crippen LogP contribution in [0.15, 0.2) is 18.2 Å². The molecule has 1 amide bonds. The fourth-order valence-corrected chi connectivity index (χ4v) is 3.25. The molecule has 1 fully saturated rings. The van der Waals surface area contributed by atoms with E-state index in [0.717, 1.165) is 18.4 Å². The van der Waals surface area contributed by atoms with Crippen molar-refractivity contribution in [2.45, 2.75) is 44.6 Å². The quantitative estimate of drug-likeness (QED) is 0.808. The van der Waals surface area contributed by atoms with Gasteiger partial charge in [-0.3, -0.25) is 4.79 Å². The number of hydrogen-bond donors (Lipinski definition) is 2. The van der Waals surface area contributed by atoms with Crippen LogP contribution in [-0.2, 0) is 11.2 Å². The SMILES string of the molecule is COc1ccc(CCC(=O)NC2CCCCC2CN)cc1OC. The standard InChI is InChI=1S/C18H28N2O3/c1-22-16-9-7-13(11-17(16)23-2)8-10-18(21)20-15-6-4-3-5-14(15)12-19/h7,9,11,14-15H,3-6,8,10,12,19H2,1-2H3,(H,20,21). The molecule has 2 rings (SSSR count). The number of hydrogen-bond acceptors (Lipinski definition) is 4. The van der Waals surface area contributed by atoms with Gasteiger partial charge in [0.05, 0.1) is 14.2 Å². The molecule has 3 N–H and O–H groups in total. The zero-order valence-electron chi connectivity index (χ0n) is 14.1. The third-order valence-corrected chi connectivity index (χ3v) is 4.65. The Morgan fingerprint density at radius 1 is 1.22 bits per heavy atom. The van der Waals surface area contributed by atoms with Gasteiger partial charge in [-0.1, -0.05) is 18.9 Å². The molecule has 5 heteroatoms. The van der Waals surface area contributed by atoms with Crippen molar-refractivity contribution in [1.29, 1.82) is 0 Å². The summed E-state index contributed by atoms with van der Waals surface area (Å²) in [6, 6.07) is 6.01. The Morgan fingerprint density at radius 3 is 2.65 bits per heavy atom. The Labute approximate surface area is 138 Å². The highest BCUT2D eigenvalue weighted by Gasteiger charge is 2.25. The molecule has 0 aromatic heterocycles. The largest absolute Gasteiger partial charge is 0.493 e. The van der Waals surface area contributed by atoms with Crippen molar-refractivity contribution >= 4 is 5.91 Å². The third-order valence-electron chi connectivity index (χ3n) is 4.65. The van der Waals surface area contributed by atoms with Gasteiger partial charge < -0.3 is 20.5 Å². The second kappa shape index (κ2) is 8.77. The fourth-order valence-electron chi connectivity index (χ4n) is 3.25. The van der Waals surface area contributed by atoms with Crippen LogP contribution in [0.25, 0.3) is 0 Å². The number of amides is 1. The van der Waals surface area contributed by atoms with Crippen molar-refractivity contribution < 1.29 is 14.3 Å². The average Bonchev–Trinajstić information content (AvgIpc) is 2.60. The molecule has 2 atom stereocenters. The molecule has 5 nitrogen and oxygen atoms in total. The molecular weight excluding hydrogens is 292 g/mol. The topological polar surface area (TPSA) is 73.6 Å². The van der Waals surface area contributed by atoms with Crippen LogP contribution in [0, 0.1) is 5.92 Å². The lowest BCUT2D eigenvalue weighted by atomic mass is 9.84. The minimum Gasteiger partial charge on any atom is -0.493 e. The van der Waals surface area contributed by atoms with Gasteiger partial charge in [-0.25, -0.2) is 0 Å². The molecule has 0 radical (unpaired) electrons. The number of nitrogens with one attached hydrogen (secondary N) is 1. The first kappa shape index (κ1) is 17.6. The van der Waals surface area contributed by atoms with E-state index in [1.54, 1.807) is 14.2 Å². The monoisotopic (exact) mass is 320 g/mol. The first-order valence-electron chi connectivity index (χ1n) is 8.38. The molecule has 1 aromatic rings. The Morgan fingerprint density at radius 2 is 1.96 bits per heavy atom. The van der Waals surface area contributed by atoms with E-state index in [-0.39, 0.29) is 11.9 Å². The summed E-state index contributed by atoms with van der Waals surface area (Å²) in [5.41, 5.74) is 6.88. The van der Waals surface area contributed by atoms with Gasteiger partial charge in [-0.15, -0.1) is 0 Å². The minimum absolute atomic E-state index is 0.102. The molecule has 1 aliphatic carbocycles. The van der Waals surface area contributed by atoms with Gasteiger partial charge in [0, 0.05) is 12.5 Å². The van der Waals surface area contributed by atoms with Crippen LogP contribution in [0.4, 0.5) is 0 Å². The summed E-state index contributed by atoms with van der Waals surface area (Å²) in [5, 5.41) is 3.17. The normalized spacial score (nSPS) is 20.8. The molecule has 0 saturated heterocycles. The number of carbonyl (C=O) groups excluding carboxylic acids is 1. The van der Waals surface area contributed by atoms with Gasteiger partial charge in [-0.2, -0.15) is 0 Å². The van der Waals surface area contributed by atoms with E-state index in [4.69, 9.17) is 15.2 Å². The Bertz CT molecular complexity index is 519. The smallest absolute Gasteiger partial charge is 0.220 e. The van der Waals surface area contributed by atoms with Crippen LogP contribution < -0.4 is 20.5 Å². The van der Waals surface area contributed by atoms with Gasteiger partial charge >= 0.3 is 0 Å². The summed E-state index contributed by atoms with van der Waals surface area (Å²) in [7, 11) is 3.23. The van der Waals surface area contributed by atoms with E-state index in [9.17, 15) is 4.79 Å². The molecule has 128 valence electrons. The number of nitrogens with two attached hydrogens (primary N) is 1. The summed E-state index contributed by atoms with van der Waals surface area (Å²) in [6.45, 7) is 0.653. The van der Waals surface area contributed by atoms with Gasteiger partial charge in [0.2, 0.25) is 5.91 Å². The Kier molecular flexibility index (Phi) is 6.71. The average molecular weight is 320 g/mol. The number of aryl methyl sites for hydroxylation is 1. The molecule has 0 heterocycles. The predicted molar refractivity (Wildman–Crippen MR) is 90.8 cm³/mol. The van der Waals surface area contributed by atoms with Gasteiger partial charge in [0.25, 0.3) is 0 Å². The van der Waals surface area contributed by atoms with Crippen LogP contribution in [0.3, 0.4) is 0 Å². The van der Waals surface area contributed by atoms with Gasteiger partial charge in [-0.05, 0) is 49.4 Å². The van der Waals surface area contributed by atoms with E-state index in [2.05, 4.69) is 5.32 Å². The number of methoxy groups -OCH3 is 2. The lowest BCUT2D eigenvalue weighted by Gasteiger charge is -2.31. The zero-order valence-corrected chi connectivity index (χ0v) is 14.1. The molecule has 1 saturated carbocycles. The first-order chi connectivity index (χ1) is 11.2. The highest BCUT2D eigenvalue weighted by Crippen LogP contribution is 2.28. The molecule has 0 aliphatic heterocycles. The molecule has 2 unspecified atom stereocenters. The van der Waals surface area contributed by atoms with Crippen LogP contribution in [0.2, 0.25) is 0 Å². The molecule has 0 spiro atoms. The van der Waals surface area contributed by atoms with Crippen LogP contribution in [0.1, 0.15) is 37.7 Å². The molecule has 1 aliphatic rings. The lowest BCUT2D eigenvalue weighted by molar-refractivity contribution is -0.122. The van der Waals surface area contributed by atoms with Crippen LogP contribution >= 0.6 is 0 Å². The summed E-state index contributed by atoms with van der Waals surface area (Å²) >= 11 is 0. The summed E-state index contributed by atoms with van der Waals surface area (Å²) in [6.07, 6.45) is 5.73. The van der Waals surface area contributed by atoms with E-state index >= 15 is 0 Å². The van der Waals surface area contributed by atoms with Gasteiger partial charge in [0.15, 0.2) is 11.5 Å². The number of rotatable bonds is 7. The highest BCUT2D eigenvalue weighted by molar-refractivity contribution is 5.76. The van der Waals surface area contributed by atoms with E-state index < -0.39 is 0 Å². The van der Waals surface area contributed by atoms with Crippen LogP contribution in [0.5, 0.6) is 11.5 Å². The second-order valence-corrected chi connectivity index (χ2v) is 6.14. The van der Waals surface area contributed by atoms with Crippen LogP contribution in [-0.4, -0.2) is 32.7 Å². The van der Waals surface area contributed by atoms with Crippen molar-refractivity contribution in [2.24, 2.45) is 11.7 Å². The van der Waals surface area contributed by atoms with Crippen molar-refractivity contribution in [3.63, 3.8) is 0 Å². The highest BCUT2D eigenvalue weighted by atomic mass is 16.5. The van der Waals surface area contributed by atoms with E-state index in [0.29, 0.717) is 36.8 Å². The van der Waals surface area contributed by atoms with Crippen molar-refractivity contribution in [3.8, 4) is 11.5 Å². The number of carbonyl (C=O) groups is 1. The fraction of sp³-hybridized carbons (Fsp3) is 0.611. The summed E-state index contributed by atoms with van der Waals surface area (Å²) < 4.78 is 10.5. The molecule has 1 aromatic carbocycles. The van der Waals surface area contributed by atoms with E-state index in [1.165, 1.54) is 12.8 Å². The third kappa shape index (κ3) is 4.86. The summed E-state index contributed by atoms with van der Waals surface area (Å²) in [5.74, 6) is 1.92. The van der Waals surface area contributed by atoms with Crippen molar-refractivity contribution in [2.75, 3.05) is 20.8 Å². The molecule has 23 heavy (non-hydrogen) atoms. The van der Waals surface area contributed by atoms with Gasteiger partial charge in [0.1, 0.15) is 0 Å². The van der Waals surface area contributed by atoms with E-state index in [1.807, 2.05) is 18.2 Å². The predicted octanol–water partition coefficient (Wildman–Crippen LogP) is 2.27. The Balaban J connectivity index is 1.86. The maximum absolute atomic E-state index is 12.2. The van der Waals surface area contributed by atoms with Crippen molar-refractivity contribution in [3.05, 3.63) is 23.8 Å². The second-order valence-electron chi connectivity index (χ2n) is 6.14. The Hall–Kier alpha value is -1.75. The molecular formula is C18H28N2O3.